The van der Waals surface area contributed by atoms with Crippen LogP contribution in [0.25, 0.3) is 0 Å². The van der Waals surface area contributed by atoms with Crippen LogP contribution in [0.15, 0.2) is 53.7 Å². The van der Waals surface area contributed by atoms with E-state index < -0.39 is 9.84 Å². The number of aliphatic hydroxyl groups is 1. The highest BCUT2D eigenvalue weighted by atomic mass is 32.2. The van der Waals surface area contributed by atoms with E-state index in [1.807, 2.05) is 23.1 Å². The predicted octanol–water partition coefficient (Wildman–Crippen LogP) is 1.95. The number of nitrogens with one attached hydrogen (secondary N) is 2. The van der Waals surface area contributed by atoms with Crippen molar-refractivity contribution in [3.8, 4) is 5.75 Å². The fourth-order valence-corrected chi connectivity index (χ4v) is 4.04. The van der Waals surface area contributed by atoms with Gasteiger partial charge in [-0.3, -0.25) is 0 Å². The largest absolute Gasteiger partial charge is 0.494 e. The number of sulfone groups is 1. The molecule has 3 aromatic rings. The zero-order valence-corrected chi connectivity index (χ0v) is 17.8. The maximum absolute atomic E-state index is 12.0. The smallest absolute Gasteiger partial charge is 0.232 e. The van der Waals surface area contributed by atoms with E-state index in [2.05, 4.69) is 25.6 Å². The molecule has 2 aromatic carbocycles. The molecule has 2 heterocycles. The number of aliphatic hydroxyl groups excluding tert-OH is 1. The van der Waals surface area contributed by atoms with Gasteiger partial charge in [-0.2, -0.15) is 4.98 Å². The number of hydrogen-bond donors (Lipinski definition) is 3. The van der Waals surface area contributed by atoms with Gasteiger partial charge < -0.3 is 25.4 Å². The number of aromatic nitrogens is 3. The summed E-state index contributed by atoms with van der Waals surface area (Å²) in [6, 6.07) is 12.2. The van der Waals surface area contributed by atoms with Crippen molar-refractivity contribution in [2.45, 2.75) is 11.0 Å². The van der Waals surface area contributed by atoms with E-state index in [1.165, 1.54) is 12.4 Å². The van der Waals surface area contributed by atoms with Crippen molar-refractivity contribution < 1.29 is 18.3 Å². The Morgan fingerprint density at radius 3 is 2.39 bits per heavy atom. The molecule has 0 bridgehead atoms. The Bertz CT molecular complexity index is 1200. The zero-order chi connectivity index (χ0) is 22.0. The second kappa shape index (κ2) is 8.36. The van der Waals surface area contributed by atoms with Gasteiger partial charge in [0.25, 0.3) is 0 Å². The molecule has 4 rings (SSSR count). The lowest BCUT2D eigenvalue weighted by Gasteiger charge is -2.38. The maximum atomic E-state index is 12.0. The topological polar surface area (TPSA) is 130 Å². The quantitative estimate of drug-likeness (QED) is 0.499. The molecule has 162 valence electrons. The first kappa shape index (κ1) is 20.8. The molecule has 1 aromatic heterocycles. The minimum Gasteiger partial charge on any atom is -0.494 e. The third-order valence-electron chi connectivity index (χ3n) is 4.76. The molecule has 1 fully saturated rings. The van der Waals surface area contributed by atoms with E-state index in [0.717, 1.165) is 11.9 Å². The molecule has 3 N–H and O–H groups in total. The first-order valence-electron chi connectivity index (χ1n) is 9.47. The molecule has 0 radical (unpaired) electrons. The molecule has 0 spiro atoms. The van der Waals surface area contributed by atoms with Crippen molar-refractivity contribution in [3.63, 3.8) is 0 Å². The Kier molecular flexibility index (Phi) is 5.61. The molecule has 1 aliphatic heterocycles. The van der Waals surface area contributed by atoms with Crippen molar-refractivity contribution in [2.24, 2.45) is 0 Å². The van der Waals surface area contributed by atoms with E-state index in [4.69, 9.17) is 4.74 Å². The zero-order valence-electron chi connectivity index (χ0n) is 17.0. The van der Waals surface area contributed by atoms with Crippen LogP contribution in [0.2, 0.25) is 0 Å². The maximum Gasteiger partial charge on any atom is 0.232 e. The number of rotatable bonds is 7. The molecule has 0 saturated carbocycles. The van der Waals surface area contributed by atoms with E-state index in [0.29, 0.717) is 30.2 Å². The number of nitrogens with zero attached hydrogens (tertiary/aromatic N) is 4. The molecular weight excluding hydrogens is 420 g/mol. The molecule has 1 aliphatic rings. The fraction of sp³-hybridized carbons (Fsp3) is 0.250. The molecule has 1 saturated heterocycles. The van der Waals surface area contributed by atoms with Crippen LogP contribution in [-0.2, 0) is 9.84 Å². The number of ether oxygens (including phenoxy) is 1. The number of anilines is 5. The third-order valence-corrected chi connectivity index (χ3v) is 5.92. The fourth-order valence-electron chi connectivity index (χ4n) is 3.20. The molecule has 0 aliphatic carbocycles. The van der Waals surface area contributed by atoms with Crippen LogP contribution in [0.5, 0.6) is 5.75 Å². The molecule has 0 amide bonds. The second-order valence-corrected chi connectivity index (χ2v) is 9.08. The van der Waals surface area contributed by atoms with E-state index in [1.54, 1.807) is 25.3 Å². The number of methoxy groups -OCH3 is 1. The third kappa shape index (κ3) is 4.67. The van der Waals surface area contributed by atoms with Crippen LogP contribution in [0.4, 0.5) is 29.0 Å². The summed E-state index contributed by atoms with van der Waals surface area (Å²) in [4.78, 5) is 14.7. The van der Waals surface area contributed by atoms with Crippen molar-refractivity contribution >= 4 is 38.8 Å². The normalized spacial score (nSPS) is 14.1. The average molecular weight is 443 g/mol. The van der Waals surface area contributed by atoms with Crippen LogP contribution in [-0.4, -0.2) is 61.0 Å². The minimum absolute atomic E-state index is 0.151. The summed E-state index contributed by atoms with van der Waals surface area (Å²) in [5.74, 6) is 1.05. The summed E-state index contributed by atoms with van der Waals surface area (Å²) in [5, 5.41) is 15.5. The highest BCUT2D eigenvalue weighted by molar-refractivity contribution is 7.90. The van der Waals surface area contributed by atoms with E-state index in [9.17, 15) is 13.5 Å². The molecular formula is C20H22N6O4S. The highest BCUT2D eigenvalue weighted by Gasteiger charge is 2.25. The van der Waals surface area contributed by atoms with Crippen molar-refractivity contribution in [2.75, 3.05) is 42.0 Å². The number of benzene rings is 2. The summed E-state index contributed by atoms with van der Waals surface area (Å²) in [7, 11) is -1.85. The van der Waals surface area contributed by atoms with Gasteiger partial charge in [0.15, 0.2) is 9.84 Å². The van der Waals surface area contributed by atoms with Crippen molar-refractivity contribution in [1.29, 1.82) is 0 Å². The Hall–Kier alpha value is -3.44. The standard InChI is InChI=1S/C20H22N6O4S/c1-30-17-9-13(26-10-14(27)11-26)7-8-15(17)23-19-21-12-22-20(25-19)24-16-5-3-4-6-18(16)31(2,28)29/h3-9,12,14,27H,10-11H2,1-2H3,(H2,21,22,23,24,25). The summed E-state index contributed by atoms with van der Waals surface area (Å²) >= 11 is 0. The van der Waals surface area contributed by atoms with Crippen LogP contribution in [0.1, 0.15) is 0 Å². The summed E-state index contributed by atoms with van der Waals surface area (Å²) in [6.45, 7) is 1.18. The van der Waals surface area contributed by atoms with Gasteiger partial charge >= 0.3 is 0 Å². The van der Waals surface area contributed by atoms with E-state index >= 15 is 0 Å². The van der Waals surface area contributed by atoms with Crippen LogP contribution in [0.3, 0.4) is 0 Å². The van der Waals surface area contributed by atoms with Gasteiger partial charge in [0, 0.05) is 31.1 Å². The SMILES string of the molecule is COc1cc(N2CC(O)C2)ccc1Nc1ncnc(Nc2ccccc2S(C)(=O)=O)n1. The van der Waals surface area contributed by atoms with E-state index in [-0.39, 0.29) is 22.9 Å². The number of hydrogen-bond acceptors (Lipinski definition) is 10. The lowest BCUT2D eigenvalue weighted by atomic mass is 10.1. The summed E-state index contributed by atoms with van der Waals surface area (Å²) in [6.07, 6.45) is 2.17. The van der Waals surface area contributed by atoms with Crippen molar-refractivity contribution in [3.05, 3.63) is 48.8 Å². The van der Waals surface area contributed by atoms with Gasteiger partial charge in [-0.05, 0) is 24.3 Å². The van der Waals surface area contributed by atoms with Crippen LogP contribution >= 0.6 is 0 Å². The summed E-state index contributed by atoms with van der Waals surface area (Å²) in [5.41, 5.74) is 1.98. The first-order valence-corrected chi connectivity index (χ1v) is 11.4. The molecule has 0 atom stereocenters. The van der Waals surface area contributed by atoms with Gasteiger partial charge in [0.05, 0.1) is 29.5 Å². The Morgan fingerprint density at radius 2 is 1.74 bits per heavy atom. The lowest BCUT2D eigenvalue weighted by molar-refractivity contribution is 0.142. The predicted molar refractivity (Wildman–Crippen MR) is 117 cm³/mol. The second-order valence-electron chi connectivity index (χ2n) is 7.09. The molecule has 0 unspecified atom stereocenters. The Morgan fingerprint density at radius 1 is 1.06 bits per heavy atom. The highest BCUT2D eigenvalue weighted by Crippen LogP contribution is 2.33. The monoisotopic (exact) mass is 442 g/mol. The van der Waals surface area contributed by atoms with Gasteiger partial charge in [-0.15, -0.1) is 0 Å². The first-order chi connectivity index (χ1) is 14.8. The Labute approximate surface area is 179 Å². The summed E-state index contributed by atoms with van der Waals surface area (Å²) < 4.78 is 29.5. The number of β-amino-alcohol motifs (C(OH)–C–C–N with tert-alkyl or cyclic N) is 1. The van der Waals surface area contributed by atoms with Gasteiger partial charge in [0.2, 0.25) is 11.9 Å². The van der Waals surface area contributed by atoms with Gasteiger partial charge in [-0.25, -0.2) is 18.4 Å². The molecule has 31 heavy (non-hydrogen) atoms. The van der Waals surface area contributed by atoms with Crippen LogP contribution in [0, 0.1) is 0 Å². The van der Waals surface area contributed by atoms with Crippen LogP contribution < -0.4 is 20.3 Å². The number of para-hydroxylation sites is 1. The minimum atomic E-state index is -3.42. The van der Waals surface area contributed by atoms with Gasteiger partial charge in [0.1, 0.15) is 12.1 Å². The lowest BCUT2D eigenvalue weighted by Crippen LogP contribution is -2.50. The van der Waals surface area contributed by atoms with Crippen molar-refractivity contribution in [1.82, 2.24) is 15.0 Å². The average Bonchev–Trinajstić information content (AvgIpc) is 2.72. The molecule has 10 nitrogen and oxygen atoms in total. The van der Waals surface area contributed by atoms with Gasteiger partial charge in [-0.1, -0.05) is 12.1 Å². The molecule has 11 heteroatoms. The Balaban J connectivity index is 1.55.